The van der Waals surface area contributed by atoms with Gasteiger partial charge in [0.05, 0.1) is 0 Å². The summed E-state index contributed by atoms with van der Waals surface area (Å²) in [5, 5.41) is 0. The average molecular weight is 224 g/mol. The molecule has 1 heteroatoms. The Morgan fingerprint density at radius 1 is 1.25 bits per heavy atom. The predicted octanol–water partition coefficient (Wildman–Crippen LogP) is 4.60. The molecule has 1 aliphatic carbocycles. The highest BCUT2D eigenvalue weighted by Crippen LogP contribution is 2.43. The number of Topliss-reactive ketones (excluding diaryl/α,β-unsaturated/α-hetero) is 1. The van der Waals surface area contributed by atoms with E-state index in [9.17, 15) is 4.79 Å². The first-order valence-corrected chi connectivity index (χ1v) is 6.97. The number of carbonyl (C=O) groups excluding carboxylic acids is 1. The molecule has 1 fully saturated rings. The molecule has 0 heterocycles. The Hall–Kier alpha value is -0.330. The van der Waals surface area contributed by atoms with Crippen LogP contribution >= 0.6 is 0 Å². The summed E-state index contributed by atoms with van der Waals surface area (Å²) in [7, 11) is 0. The third-order valence-electron chi connectivity index (χ3n) is 4.37. The molecule has 0 amide bonds. The number of carbonyl (C=O) groups is 1. The maximum absolute atomic E-state index is 11.4. The maximum Gasteiger partial charge on any atom is 0.130 e. The summed E-state index contributed by atoms with van der Waals surface area (Å²) in [6.45, 7) is 8.60. The van der Waals surface area contributed by atoms with Crippen molar-refractivity contribution < 1.29 is 4.79 Å². The zero-order valence-corrected chi connectivity index (χ0v) is 11.5. The van der Waals surface area contributed by atoms with E-state index in [1.165, 1.54) is 38.5 Å². The molecule has 1 nitrogen and oxygen atoms in total. The third-order valence-corrected chi connectivity index (χ3v) is 4.37. The van der Waals surface area contributed by atoms with Crippen LogP contribution in [-0.2, 0) is 4.79 Å². The zero-order valence-electron chi connectivity index (χ0n) is 11.5. The smallest absolute Gasteiger partial charge is 0.130 e. The van der Waals surface area contributed by atoms with E-state index in [4.69, 9.17) is 0 Å². The monoisotopic (exact) mass is 224 g/mol. The van der Waals surface area contributed by atoms with Gasteiger partial charge in [-0.1, -0.05) is 59.3 Å². The molecule has 1 rings (SSSR count). The van der Waals surface area contributed by atoms with Crippen molar-refractivity contribution in [1.82, 2.24) is 0 Å². The summed E-state index contributed by atoms with van der Waals surface area (Å²) >= 11 is 0. The van der Waals surface area contributed by atoms with Gasteiger partial charge in [0.2, 0.25) is 0 Å². The van der Waals surface area contributed by atoms with Gasteiger partial charge in [-0.25, -0.2) is 0 Å². The predicted molar refractivity (Wildman–Crippen MR) is 69.4 cm³/mol. The van der Waals surface area contributed by atoms with Gasteiger partial charge < -0.3 is 4.79 Å². The van der Waals surface area contributed by atoms with E-state index in [0.29, 0.717) is 5.78 Å². The molecule has 94 valence electrons. The number of ketones is 1. The van der Waals surface area contributed by atoms with Crippen molar-refractivity contribution in [2.75, 3.05) is 0 Å². The molecule has 0 spiro atoms. The lowest BCUT2D eigenvalue weighted by molar-refractivity contribution is -0.120. The van der Waals surface area contributed by atoms with Crippen LogP contribution in [-0.4, -0.2) is 5.78 Å². The minimum absolute atomic E-state index is 0.197. The van der Waals surface area contributed by atoms with Crippen LogP contribution < -0.4 is 0 Å². The van der Waals surface area contributed by atoms with Gasteiger partial charge in [-0.2, -0.15) is 0 Å². The molecule has 16 heavy (non-hydrogen) atoms. The van der Waals surface area contributed by atoms with Gasteiger partial charge in [-0.05, 0) is 24.2 Å². The molecule has 0 aromatic heterocycles. The van der Waals surface area contributed by atoms with E-state index in [2.05, 4.69) is 20.8 Å². The van der Waals surface area contributed by atoms with E-state index in [0.717, 1.165) is 18.3 Å². The van der Waals surface area contributed by atoms with Crippen molar-refractivity contribution in [3.05, 3.63) is 0 Å². The van der Waals surface area contributed by atoms with Crippen LogP contribution in [0, 0.1) is 17.3 Å². The van der Waals surface area contributed by atoms with E-state index >= 15 is 0 Å². The van der Waals surface area contributed by atoms with Crippen LogP contribution in [0.15, 0.2) is 0 Å². The fourth-order valence-corrected chi connectivity index (χ4v) is 3.83. The van der Waals surface area contributed by atoms with Gasteiger partial charge in [0.15, 0.2) is 0 Å². The quantitative estimate of drug-likeness (QED) is 0.667. The summed E-state index contributed by atoms with van der Waals surface area (Å²) in [4.78, 5) is 11.4. The molecule has 0 saturated heterocycles. The molecule has 0 radical (unpaired) electrons. The Kier molecular flexibility index (Phi) is 5.01. The van der Waals surface area contributed by atoms with Crippen molar-refractivity contribution in [1.29, 1.82) is 0 Å². The van der Waals surface area contributed by atoms with Crippen molar-refractivity contribution in [2.24, 2.45) is 17.3 Å². The van der Waals surface area contributed by atoms with Gasteiger partial charge in [0.25, 0.3) is 0 Å². The van der Waals surface area contributed by atoms with Gasteiger partial charge >= 0.3 is 0 Å². The molecule has 0 aliphatic heterocycles. The largest absolute Gasteiger partial charge is 0.300 e. The topological polar surface area (TPSA) is 17.1 Å². The van der Waals surface area contributed by atoms with Crippen molar-refractivity contribution in [2.45, 2.75) is 72.6 Å². The Morgan fingerprint density at radius 3 is 2.25 bits per heavy atom. The second-order valence-corrected chi connectivity index (χ2v) is 6.28. The van der Waals surface area contributed by atoms with Gasteiger partial charge in [0, 0.05) is 6.42 Å². The van der Waals surface area contributed by atoms with E-state index in [-0.39, 0.29) is 5.41 Å². The second kappa shape index (κ2) is 5.84. The van der Waals surface area contributed by atoms with Crippen LogP contribution in [0.5, 0.6) is 0 Å². The Morgan fingerprint density at radius 2 is 1.81 bits per heavy atom. The Bertz CT molecular complexity index is 224. The van der Waals surface area contributed by atoms with E-state index in [1.54, 1.807) is 6.92 Å². The standard InChI is InChI=1S/C15H28O/c1-5-14(13-9-7-6-8-10-13)15(3,4)11-12(2)16/h13-14H,5-11H2,1-4H3/t14-/m0/s1. The summed E-state index contributed by atoms with van der Waals surface area (Å²) < 4.78 is 0. The molecular formula is C15H28O. The fourth-order valence-electron chi connectivity index (χ4n) is 3.83. The van der Waals surface area contributed by atoms with Gasteiger partial charge in [-0.15, -0.1) is 0 Å². The first-order chi connectivity index (χ1) is 7.47. The SMILES string of the molecule is CC[C@@H](C1CCCCC1)C(C)(C)CC(C)=O. The minimum atomic E-state index is 0.197. The molecule has 0 N–H and O–H groups in total. The summed E-state index contributed by atoms with van der Waals surface area (Å²) in [6.07, 6.45) is 8.97. The molecule has 0 bridgehead atoms. The van der Waals surface area contributed by atoms with Crippen LogP contribution in [0.3, 0.4) is 0 Å². The molecular weight excluding hydrogens is 196 g/mol. The van der Waals surface area contributed by atoms with Crippen LogP contribution in [0.25, 0.3) is 0 Å². The fraction of sp³-hybridized carbons (Fsp3) is 0.933. The van der Waals surface area contributed by atoms with Crippen molar-refractivity contribution in [3.63, 3.8) is 0 Å². The molecule has 0 aromatic rings. The highest BCUT2D eigenvalue weighted by molar-refractivity contribution is 5.76. The minimum Gasteiger partial charge on any atom is -0.300 e. The zero-order chi connectivity index (χ0) is 12.2. The molecule has 0 aromatic carbocycles. The molecule has 1 saturated carbocycles. The van der Waals surface area contributed by atoms with Gasteiger partial charge in [0.1, 0.15) is 5.78 Å². The lowest BCUT2D eigenvalue weighted by atomic mass is 9.64. The Labute approximate surface area is 101 Å². The molecule has 1 atom stereocenters. The lowest BCUT2D eigenvalue weighted by Crippen LogP contribution is -2.33. The van der Waals surface area contributed by atoms with Gasteiger partial charge in [-0.3, -0.25) is 0 Å². The normalized spacial score (nSPS) is 20.8. The maximum atomic E-state index is 11.4. The molecule has 1 aliphatic rings. The first-order valence-electron chi connectivity index (χ1n) is 6.97. The highest BCUT2D eigenvalue weighted by atomic mass is 16.1. The molecule has 0 unspecified atom stereocenters. The van der Waals surface area contributed by atoms with Crippen LogP contribution in [0.1, 0.15) is 72.6 Å². The number of hydrogen-bond acceptors (Lipinski definition) is 1. The van der Waals surface area contributed by atoms with E-state index in [1.807, 2.05) is 0 Å². The van der Waals surface area contributed by atoms with Crippen molar-refractivity contribution in [3.8, 4) is 0 Å². The summed E-state index contributed by atoms with van der Waals surface area (Å²) in [6, 6.07) is 0. The number of rotatable bonds is 5. The van der Waals surface area contributed by atoms with E-state index < -0.39 is 0 Å². The van der Waals surface area contributed by atoms with Crippen molar-refractivity contribution >= 4 is 5.78 Å². The third kappa shape index (κ3) is 3.61. The first kappa shape index (κ1) is 13.7. The summed E-state index contributed by atoms with van der Waals surface area (Å²) in [5.74, 6) is 1.95. The van der Waals surface area contributed by atoms with Crippen LogP contribution in [0.2, 0.25) is 0 Å². The lowest BCUT2D eigenvalue weighted by Gasteiger charge is -2.40. The Balaban J connectivity index is 2.66. The number of hydrogen-bond donors (Lipinski definition) is 0. The summed E-state index contributed by atoms with van der Waals surface area (Å²) in [5.41, 5.74) is 0.197. The second-order valence-electron chi connectivity index (χ2n) is 6.28. The van der Waals surface area contributed by atoms with Crippen LogP contribution in [0.4, 0.5) is 0 Å². The average Bonchev–Trinajstić information content (AvgIpc) is 2.17. The highest BCUT2D eigenvalue weighted by Gasteiger charge is 2.35.